The van der Waals surface area contributed by atoms with Crippen LogP contribution in [0.15, 0.2) is 91.0 Å². The van der Waals surface area contributed by atoms with Gasteiger partial charge in [-0.25, -0.2) is 13.2 Å². The van der Waals surface area contributed by atoms with Crippen LogP contribution >= 0.6 is 22.6 Å². The van der Waals surface area contributed by atoms with E-state index in [0.29, 0.717) is 23.2 Å². The molecule has 0 aliphatic carbocycles. The second-order valence-corrected chi connectivity index (χ2v) is 11.5. The number of nitrogens with one attached hydrogen (secondary N) is 3. The standard InChI is InChI=1S/C28H26F3IN4O2S/c29-23-12-14-26(28(27(23)31)34-25-13-11-22(32)17-24(25)30)35-39(37,38)33-15-16-36(18-20-7-3-1-4-8-20)19-21-9-5-2-6-10-21/h1-14,17,33-35H,15-16,18-19H2. The van der Waals surface area contributed by atoms with Crippen LogP contribution in [-0.2, 0) is 23.3 Å². The zero-order chi connectivity index (χ0) is 27.8. The first-order valence-electron chi connectivity index (χ1n) is 12.0. The van der Waals surface area contributed by atoms with Gasteiger partial charge in [0.25, 0.3) is 10.2 Å². The predicted octanol–water partition coefficient (Wildman–Crippen LogP) is 6.40. The number of hydrogen-bond donors (Lipinski definition) is 3. The highest BCUT2D eigenvalue weighted by Gasteiger charge is 2.20. The molecule has 4 aromatic rings. The summed E-state index contributed by atoms with van der Waals surface area (Å²) in [5.74, 6) is -3.25. The molecule has 0 amide bonds. The highest BCUT2D eigenvalue weighted by molar-refractivity contribution is 14.1. The molecule has 4 rings (SSSR count). The summed E-state index contributed by atoms with van der Waals surface area (Å²) in [6.45, 7) is 1.63. The third kappa shape index (κ3) is 8.43. The summed E-state index contributed by atoms with van der Waals surface area (Å²) in [4.78, 5) is 2.09. The fourth-order valence-electron chi connectivity index (χ4n) is 3.90. The van der Waals surface area contributed by atoms with E-state index >= 15 is 0 Å². The van der Waals surface area contributed by atoms with Crippen LogP contribution < -0.4 is 14.8 Å². The lowest BCUT2D eigenvalue weighted by Gasteiger charge is -2.23. The van der Waals surface area contributed by atoms with Gasteiger partial charge < -0.3 is 5.32 Å². The molecule has 0 heterocycles. The minimum Gasteiger partial charge on any atom is -0.349 e. The topological polar surface area (TPSA) is 73.5 Å². The Balaban J connectivity index is 1.45. The average molecular weight is 667 g/mol. The largest absolute Gasteiger partial charge is 0.349 e. The monoisotopic (exact) mass is 666 g/mol. The molecule has 0 saturated carbocycles. The third-order valence-electron chi connectivity index (χ3n) is 5.75. The van der Waals surface area contributed by atoms with Crippen molar-refractivity contribution in [2.45, 2.75) is 13.1 Å². The summed E-state index contributed by atoms with van der Waals surface area (Å²) < 4.78 is 74.0. The number of halogens is 4. The lowest BCUT2D eigenvalue weighted by atomic mass is 10.1. The SMILES string of the molecule is O=S(=O)(NCCN(Cc1ccccc1)Cc1ccccc1)Nc1ccc(F)c(F)c1Nc1ccc(I)cc1F. The summed E-state index contributed by atoms with van der Waals surface area (Å²) in [6, 6.07) is 25.6. The van der Waals surface area contributed by atoms with E-state index in [9.17, 15) is 21.6 Å². The summed E-state index contributed by atoms with van der Waals surface area (Å²) in [7, 11) is -4.19. The van der Waals surface area contributed by atoms with Gasteiger partial charge in [-0.3, -0.25) is 9.62 Å². The molecule has 0 fully saturated rings. The van der Waals surface area contributed by atoms with E-state index in [-0.39, 0.29) is 17.9 Å². The van der Waals surface area contributed by atoms with Crippen LogP contribution in [0.4, 0.5) is 30.2 Å². The van der Waals surface area contributed by atoms with Crippen LogP contribution in [0.2, 0.25) is 0 Å². The normalized spacial score (nSPS) is 11.5. The lowest BCUT2D eigenvalue weighted by molar-refractivity contribution is 0.261. The second kappa shape index (κ2) is 13.3. The third-order valence-corrected chi connectivity index (χ3v) is 7.49. The van der Waals surface area contributed by atoms with Crippen LogP contribution in [-0.4, -0.2) is 26.4 Å². The van der Waals surface area contributed by atoms with Crippen LogP contribution in [0.5, 0.6) is 0 Å². The van der Waals surface area contributed by atoms with Gasteiger partial charge in [0, 0.05) is 29.7 Å². The number of anilines is 3. The molecular weight excluding hydrogens is 640 g/mol. The molecule has 0 aliphatic heterocycles. The molecule has 0 bridgehead atoms. The first kappa shape index (κ1) is 28.9. The molecule has 4 aromatic carbocycles. The van der Waals surface area contributed by atoms with E-state index in [1.165, 1.54) is 12.1 Å². The Bertz CT molecular complexity index is 1470. The van der Waals surface area contributed by atoms with E-state index in [1.54, 1.807) is 6.07 Å². The van der Waals surface area contributed by atoms with Gasteiger partial charge in [0.2, 0.25) is 0 Å². The zero-order valence-electron chi connectivity index (χ0n) is 20.7. The van der Waals surface area contributed by atoms with Crippen LogP contribution in [0.1, 0.15) is 11.1 Å². The number of hydrogen-bond acceptors (Lipinski definition) is 4. The Kier molecular flexibility index (Phi) is 9.83. The first-order chi connectivity index (χ1) is 18.7. The van der Waals surface area contributed by atoms with E-state index < -0.39 is 33.3 Å². The first-order valence-corrected chi connectivity index (χ1v) is 14.5. The molecule has 6 nitrogen and oxygen atoms in total. The van der Waals surface area contributed by atoms with Crippen molar-refractivity contribution in [3.05, 3.63) is 123 Å². The van der Waals surface area contributed by atoms with Gasteiger partial charge in [-0.15, -0.1) is 0 Å². The van der Waals surface area contributed by atoms with Crippen molar-refractivity contribution in [1.29, 1.82) is 0 Å². The van der Waals surface area contributed by atoms with Gasteiger partial charge in [-0.1, -0.05) is 60.7 Å². The molecule has 0 spiro atoms. The van der Waals surface area contributed by atoms with Crippen molar-refractivity contribution < 1.29 is 21.6 Å². The van der Waals surface area contributed by atoms with Gasteiger partial charge in [0.05, 0.1) is 11.4 Å². The Hall–Kier alpha value is -3.13. The van der Waals surface area contributed by atoms with Gasteiger partial charge in [-0.05, 0) is 64.0 Å². The molecule has 3 N–H and O–H groups in total. The van der Waals surface area contributed by atoms with Crippen molar-refractivity contribution in [2.24, 2.45) is 0 Å². The van der Waals surface area contributed by atoms with E-state index in [0.717, 1.165) is 23.3 Å². The molecule has 0 aromatic heterocycles. The summed E-state index contributed by atoms with van der Waals surface area (Å²) in [6.07, 6.45) is 0. The van der Waals surface area contributed by atoms with E-state index in [1.807, 2.05) is 83.3 Å². The number of nitrogens with zero attached hydrogens (tertiary/aromatic N) is 1. The van der Waals surface area contributed by atoms with Crippen LogP contribution in [0.3, 0.4) is 0 Å². The van der Waals surface area contributed by atoms with Gasteiger partial charge in [-0.2, -0.15) is 13.1 Å². The van der Waals surface area contributed by atoms with Crippen molar-refractivity contribution in [3.63, 3.8) is 0 Å². The van der Waals surface area contributed by atoms with Gasteiger partial charge in [0.15, 0.2) is 11.6 Å². The molecule has 39 heavy (non-hydrogen) atoms. The summed E-state index contributed by atoms with van der Waals surface area (Å²) >= 11 is 1.91. The molecule has 0 saturated heterocycles. The quantitative estimate of drug-likeness (QED) is 0.153. The molecule has 11 heteroatoms. The molecule has 0 radical (unpaired) electrons. The average Bonchev–Trinajstić information content (AvgIpc) is 2.90. The molecule has 0 atom stereocenters. The summed E-state index contributed by atoms with van der Waals surface area (Å²) in [5, 5.41) is 2.47. The van der Waals surface area contributed by atoms with Crippen molar-refractivity contribution in [2.75, 3.05) is 23.1 Å². The number of benzene rings is 4. The Morgan fingerprint density at radius 3 is 1.92 bits per heavy atom. The molecular formula is C28H26F3IN4O2S. The van der Waals surface area contributed by atoms with Gasteiger partial charge >= 0.3 is 0 Å². The Labute approximate surface area is 239 Å². The molecule has 0 aliphatic rings. The Morgan fingerprint density at radius 1 is 0.744 bits per heavy atom. The zero-order valence-corrected chi connectivity index (χ0v) is 23.6. The fourth-order valence-corrected chi connectivity index (χ4v) is 5.24. The van der Waals surface area contributed by atoms with Crippen molar-refractivity contribution in [1.82, 2.24) is 9.62 Å². The smallest absolute Gasteiger partial charge is 0.299 e. The second-order valence-electron chi connectivity index (χ2n) is 8.71. The van der Waals surface area contributed by atoms with Crippen LogP contribution in [0, 0.1) is 21.0 Å². The number of rotatable bonds is 12. The van der Waals surface area contributed by atoms with Gasteiger partial charge in [0.1, 0.15) is 11.5 Å². The predicted molar refractivity (Wildman–Crippen MR) is 156 cm³/mol. The maximum atomic E-state index is 14.7. The summed E-state index contributed by atoms with van der Waals surface area (Å²) in [5.41, 5.74) is 1.22. The highest BCUT2D eigenvalue weighted by atomic mass is 127. The van der Waals surface area contributed by atoms with E-state index in [4.69, 9.17) is 0 Å². The minimum atomic E-state index is -4.19. The van der Waals surface area contributed by atoms with Crippen LogP contribution in [0.25, 0.3) is 0 Å². The van der Waals surface area contributed by atoms with E-state index in [2.05, 4.69) is 19.7 Å². The fraction of sp³-hybridized carbons (Fsp3) is 0.143. The maximum absolute atomic E-state index is 14.7. The maximum Gasteiger partial charge on any atom is 0.299 e. The van der Waals surface area contributed by atoms with Crippen molar-refractivity contribution in [3.8, 4) is 0 Å². The Morgan fingerprint density at radius 2 is 1.33 bits per heavy atom. The lowest BCUT2D eigenvalue weighted by Crippen LogP contribution is -2.37. The molecule has 0 unspecified atom stereocenters. The molecule has 204 valence electrons. The van der Waals surface area contributed by atoms with Crippen molar-refractivity contribution >= 4 is 49.9 Å². The highest BCUT2D eigenvalue weighted by Crippen LogP contribution is 2.32. The minimum absolute atomic E-state index is 0.0488.